The SMILES string of the molecule is COCC(N)C(=O)Nc1ccc(Cl)nc1. The Morgan fingerprint density at radius 3 is 3.00 bits per heavy atom. The normalized spacial score (nSPS) is 12.2. The topological polar surface area (TPSA) is 77.2 Å². The van der Waals surface area contributed by atoms with Crippen molar-refractivity contribution in [1.82, 2.24) is 4.98 Å². The number of hydrogen-bond acceptors (Lipinski definition) is 4. The highest BCUT2D eigenvalue weighted by molar-refractivity contribution is 6.29. The van der Waals surface area contributed by atoms with Crippen LogP contribution < -0.4 is 11.1 Å². The van der Waals surface area contributed by atoms with Gasteiger partial charge >= 0.3 is 0 Å². The van der Waals surface area contributed by atoms with E-state index in [9.17, 15) is 4.79 Å². The number of amides is 1. The molecule has 0 aliphatic rings. The number of ether oxygens (including phenoxy) is 1. The summed E-state index contributed by atoms with van der Waals surface area (Å²) in [5, 5.41) is 2.96. The van der Waals surface area contributed by atoms with Crippen LogP contribution in [0.25, 0.3) is 0 Å². The van der Waals surface area contributed by atoms with E-state index in [2.05, 4.69) is 10.3 Å². The van der Waals surface area contributed by atoms with Crippen molar-refractivity contribution in [3.63, 3.8) is 0 Å². The second-order valence-electron chi connectivity index (χ2n) is 2.92. The Kier molecular flexibility index (Phi) is 4.48. The molecule has 6 heteroatoms. The van der Waals surface area contributed by atoms with Gasteiger partial charge in [-0.25, -0.2) is 4.98 Å². The highest BCUT2D eigenvalue weighted by Crippen LogP contribution is 2.09. The fraction of sp³-hybridized carbons (Fsp3) is 0.333. The average molecular weight is 230 g/mol. The van der Waals surface area contributed by atoms with Crippen LogP contribution in [-0.4, -0.2) is 30.6 Å². The molecule has 15 heavy (non-hydrogen) atoms. The fourth-order valence-corrected chi connectivity index (χ4v) is 1.05. The van der Waals surface area contributed by atoms with Gasteiger partial charge in [-0.05, 0) is 12.1 Å². The summed E-state index contributed by atoms with van der Waals surface area (Å²) >= 11 is 5.59. The van der Waals surface area contributed by atoms with Crippen molar-refractivity contribution in [1.29, 1.82) is 0 Å². The van der Waals surface area contributed by atoms with E-state index in [4.69, 9.17) is 22.1 Å². The van der Waals surface area contributed by atoms with Crippen LogP contribution in [0.15, 0.2) is 18.3 Å². The third kappa shape index (κ3) is 3.83. The third-order valence-electron chi connectivity index (χ3n) is 1.68. The Hall–Kier alpha value is -1.17. The molecule has 0 bridgehead atoms. The molecule has 1 unspecified atom stereocenters. The quantitative estimate of drug-likeness (QED) is 0.743. The highest BCUT2D eigenvalue weighted by Gasteiger charge is 2.12. The number of nitrogens with one attached hydrogen (secondary N) is 1. The van der Waals surface area contributed by atoms with Gasteiger partial charge in [0, 0.05) is 7.11 Å². The van der Waals surface area contributed by atoms with Crippen LogP contribution in [0.3, 0.4) is 0 Å². The second-order valence-corrected chi connectivity index (χ2v) is 3.31. The molecule has 1 heterocycles. The molecule has 1 atom stereocenters. The van der Waals surface area contributed by atoms with Gasteiger partial charge in [0.15, 0.2) is 0 Å². The molecule has 0 fully saturated rings. The van der Waals surface area contributed by atoms with Crippen molar-refractivity contribution in [2.24, 2.45) is 5.73 Å². The van der Waals surface area contributed by atoms with E-state index in [1.54, 1.807) is 12.1 Å². The summed E-state index contributed by atoms with van der Waals surface area (Å²) in [7, 11) is 1.48. The molecule has 1 amide bonds. The standard InChI is InChI=1S/C9H12ClN3O2/c1-15-5-7(11)9(14)13-6-2-3-8(10)12-4-6/h2-4,7H,5,11H2,1H3,(H,13,14). The summed E-state index contributed by atoms with van der Waals surface area (Å²) in [6.45, 7) is 0.173. The number of rotatable bonds is 4. The van der Waals surface area contributed by atoms with E-state index in [1.807, 2.05) is 0 Å². The van der Waals surface area contributed by atoms with Crippen molar-refractivity contribution < 1.29 is 9.53 Å². The van der Waals surface area contributed by atoms with E-state index in [1.165, 1.54) is 13.3 Å². The maximum atomic E-state index is 11.4. The van der Waals surface area contributed by atoms with Crippen molar-refractivity contribution >= 4 is 23.2 Å². The third-order valence-corrected chi connectivity index (χ3v) is 1.90. The van der Waals surface area contributed by atoms with Gasteiger partial charge in [-0.1, -0.05) is 11.6 Å². The summed E-state index contributed by atoms with van der Waals surface area (Å²) in [5.41, 5.74) is 6.07. The van der Waals surface area contributed by atoms with Crippen LogP contribution in [0.4, 0.5) is 5.69 Å². The molecule has 5 nitrogen and oxygen atoms in total. The van der Waals surface area contributed by atoms with Crippen molar-refractivity contribution in [3.05, 3.63) is 23.5 Å². The van der Waals surface area contributed by atoms with Gasteiger partial charge in [0.25, 0.3) is 0 Å². The van der Waals surface area contributed by atoms with Crippen LogP contribution in [0.5, 0.6) is 0 Å². The van der Waals surface area contributed by atoms with Gasteiger partial charge in [-0.3, -0.25) is 4.79 Å². The number of aromatic nitrogens is 1. The maximum absolute atomic E-state index is 11.4. The van der Waals surface area contributed by atoms with Crippen LogP contribution >= 0.6 is 11.6 Å². The number of methoxy groups -OCH3 is 1. The Morgan fingerprint density at radius 2 is 2.47 bits per heavy atom. The molecule has 1 aromatic rings. The van der Waals surface area contributed by atoms with Gasteiger partial charge in [0.05, 0.1) is 18.5 Å². The second kappa shape index (κ2) is 5.65. The lowest BCUT2D eigenvalue weighted by Gasteiger charge is -2.10. The summed E-state index contributed by atoms with van der Waals surface area (Å²) < 4.78 is 4.76. The van der Waals surface area contributed by atoms with Gasteiger partial charge < -0.3 is 15.8 Å². The van der Waals surface area contributed by atoms with E-state index >= 15 is 0 Å². The number of halogens is 1. The van der Waals surface area contributed by atoms with Crippen LogP contribution in [0.2, 0.25) is 5.15 Å². The zero-order valence-corrected chi connectivity index (χ0v) is 8.99. The number of hydrogen-bond donors (Lipinski definition) is 2. The molecule has 0 spiro atoms. The molecule has 82 valence electrons. The molecule has 1 aromatic heterocycles. The van der Waals surface area contributed by atoms with E-state index < -0.39 is 6.04 Å². The largest absolute Gasteiger partial charge is 0.383 e. The monoisotopic (exact) mass is 229 g/mol. The van der Waals surface area contributed by atoms with Crippen molar-refractivity contribution in [2.75, 3.05) is 19.0 Å². The molecule has 1 rings (SSSR count). The van der Waals surface area contributed by atoms with Gasteiger partial charge in [-0.15, -0.1) is 0 Å². The first kappa shape index (κ1) is 11.9. The predicted molar refractivity (Wildman–Crippen MR) is 57.7 cm³/mol. The number of nitrogens with two attached hydrogens (primary N) is 1. The number of anilines is 1. The predicted octanol–water partition coefficient (Wildman–Crippen LogP) is 0.647. The molecule has 0 aliphatic heterocycles. The Morgan fingerprint density at radius 1 is 1.73 bits per heavy atom. The molecular weight excluding hydrogens is 218 g/mol. The lowest BCUT2D eigenvalue weighted by molar-refractivity contribution is -0.118. The van der Waals surface area contributed by atoms with E-state index in [0.29, 0.717) is 10.8 Å². The molecule has 0 aliphatic carbocycles. The maximum Gasteiger partial charge on any atom is 0.243 e. The molecular formula is C9H12ClN3O2. The molecule has 0 aromatic carbocycles. The number of nitrogens with zero attached hydrogens (tertiary/aromatic N) is 1. The summed E-state index contributed by atoms with van der Waals surface area (Å²) in [6.07, 6.45) is 1.46. The zero-order chi connectivity index (χ0) is 11.3. The lowest BCUT2D eigenvalue weighted by Crippen LogP contribution is -2.39. The van der Waals surface area contributed by atoms with Crippen LogP contribution in [-0.2, 0) is 9.53 Å². The molecule has 0 saturated heterocycles. The van der Waals surface area contributed by atoms with Crippen LogP contribution in [0, 0.1) is 0 Å². The zero-order valence-electron chi connectivity index (χ0n) is 8.24. The van der Waals surface area contributed by atoms with Crippen molar-refractivity contribution in [3.8, 4) is 0 Å². The smallest absolute Gasteiger partial charge is 0.243 e. The fourth-order valence-electron chi connectivity index (χ4n) is 0.940. The Labute approximate surface area is 92.6 Å². The van der Waals surface area contributed by atoms with Crippen molar-refractivity contribution in [2.45, 2.75) is 6.04 Å². The van der Waals surface area contributed by atoms with E-state index in [0.717, 1.165) is 0 Å². The molecule has 0 saturated carbocycles. The van der Waals surface area contributed by atoms with Gasteiger partial charge in [-0.2, -0.15) is 0 Å². The Bertz CT molecular complexity index is 329. The van der Waals surface area contributed by atoms with Gasteiger partial charge in [0.2, 0.25) is 5.91 Å². The van der Waals surface area contributed by atoms with Crippen LogP contribution in [0.1, 0.15) is 0 Å². The number of carbonyl (C=O) groups excluding carboxylic acids is 1. The molecule has 0 radical (unpaired) electrons. The first-order valence-corrected chi connectivity index (χ1v) is 4.68. The summed E-state index contributed by atoms with van der Waals surface area (Å²) in [6, 6.07) is 2.54. The number of carbonyl (C=O) groups is 1. The number of pyridine rings is 1. The first-order valence-electron chi connectivity index (χ1n) is 4.30. The minimum atomic E-state index is -0.689. The summed E-state index contributed by atoms with van der Waals surface area (Å²) in [5.74, 6) is -0.319. The minimum Gasteiger partial charge on any atom is -0.383 e. The van der Waals surface area contributed by atoms with E-state index in [-0.39, 0.29) is 12.5 Å². The lowest BCUT2D eigenvalue weighted by atomic mass is 10.3. The average Bonchev–Trinajstić information content (AvgIpc) is 2.22. The summed E-state index contributed by atoms with van der Waals surface area (Å²) in [4.78, 5) is 15.2. The first-order chi connectivity index (χ1) is 7.13. The Balaban J connectivity index is 2.54. The van der Waals surface area contributed by atoms with Gasteiger partial charge in [0.1, 0.15) is 11.2 Å². The minimum absolute atomic E-state index is 0.173. The molecule has 3 N–H and O–H groups in total. The highest BCUT2D eigenvalue weighted by atomic mass is 35.5.